The fourth-order valence-electron chi connectivity index (χ4n) is 1.99. The summed E-state index contributed by atoms with van der Waals surface area (Å²) in [5.41, 5.74) is 6.62. The molecule has 1 atom stereocenters. The van der Waals surface area contributed by atoms with Crippen LogP contribution in [0.25, 0.3) is 0 Å². The second kappa shape index (κ2) is 6.86. The Morgan fingerprint density at radius 3 is 2.67 bits per heavy atom. The zero-order valence-corrected chi connectivity index (χ0v) is 11.7. The monoisotopic (exact) mass is 252 g/mol. The maximum absolute atomic E-state index is 13.2. The molecule has 0 fully saturated rings. The summed E-state index contributed by atoms with van der Waals surface area (Å²) in [5.74, 6) is 0.349. The molecule has 0 heterocycles. The van der Waals surface area contributed by atoms with Crippen LogP contribution in [0.4, 0.5) is 4.39 Å². The van der Waals surface area contributed by atoms with Gasteiger partial charge in [-0.3, -0.25) is 0 Å². The molecule has 1 aromatic rings. The van der Waals surface area contributed by atoms with Crippen molar-refractivity contribution in [2.45, 2.75) is 32.6 Å². The van der Waals surface area contributed by atoms with Crippen molar-refractivity contribution in [3.8, 4) is 0 Å². The third kappa shape index (κ3) is 4.39. The van der Waals surface area contributed by atoms with Gasteiger partial charge < -0.3 is 11.1 Å². The Kier molecular flexibility index (Phi) is 5.76. The van der Waals surface area contributed by atoms with Crippen molar-refractivity contribution in [2.75, 3.05) is 19.6 Å². The van der Waals surface area contributed by atoms with Gasteiger partial charge in [0.05, 0.1) is 0 Å². The minimum atomic E-state index is -0.172. The first-order valence-corrected chi connectivity index (χ1v) is 6.66. The van der Waals surface area contributed by atoms with Crippen LogP contribution >= 0.6 is 0 Å². The number of hydrogen-bond donors (Lipinski definition) is 2. The van der Waals surface area contributed by atoms with E-state index in [4.69, 9.17) is 5.73 Å². The van der Waals surface area contributed by atoms with Crippen molar-refractivity contribution in [1.82, 2.24) is 5.32 Å². The second-order valence-electron chi connectivity index (χ2n) is 5.54. The molecule has 0 saturated carbocycles. The molecule has 0 amide bonds. The average molecular weight is 252 g/mol. The maximum Gasteiger partial charge on any atom is 0.123 e. The van der Waals surface area contributed by atoms with Crippen LogP contribution < -0.4 is 11.1 Å². The van der Waals surface area contributed by atoms with Crippen LogP contribution in [0, 0.1) is 11.7 Å². The van der Waals surface area contributed by atoms with E-state index >= 15 is 0 Å². The summed E-state index contributed by atoms with van der Waals surface area (Å²) < 4.78 is 13.2. The van der Waals surface area contributed by atoms with Gasteiger partial charge in [0.25, 0.3) is 0 Å². The molecule has 0 radical (unpaired) electrons. The number of hydrogen-bond acceptors (Lipinski definition) is 2. The fourth-order valence-corrected chi connectivity index (χ4v) is 1.99. The van der Waals surface area contributed by atoms with E-state index in [0.29, 0.717) is 12.5 Å². The van der Waals surface area contributed by atoms with Gasteiger partial charge in [0.2, 0.25) is 0 Å². The summed E-state index contributed by atoms with van der Waals surface area (Å²) in [5, 5.41) is 3.44. The third-order valence-corrected chi connectivity index (χ3v) is 3.52. The standard InChI is InChI=1S/C15H25FN2/c1-4-12(9-17)10-18-11-15(2,3)13-6-5-7-14(16)8-13/h5-8,12,18H,4,9-11,17H2,1-3H3. The predicted molar refractivity (Wildman–Crippen MR) is 75.1 cm³/mol. The Balaban J connectivity index is 2.54. The van der Waals surface area contributed by atoms with Crippen molar-refractivity contribution in [2.24, 2.45) is 11.7 Å². The number of nitrogens with one attached hydrogen (secondary N) is 1. The molecule has 0 spiro atoms. The molecule has 18 heavy (non-hydrogen) atoms. The van der Waals surface area contributed by atoms with E-state index in [1.807, 2.05) is 6.07 Å². The molecule has 0 aliphatic carbocycles. The lowest BCUT2D eigenvalue weighted by atomic mass is 9.84. The molecule has 0 aliphatic rings. The van der Waals surface area contributed by atoms with Crippen molar-refractivity contribution in [1.29, 1.82) is 0 Å². The second-order valence-corrected chi connectivity index (χ2v) is 5.54. The highest BCUT2D eigenvalue weighted by molar-refractivity contribution is 5.24. The van der Waals surface area contributed by atoms with Crippen LogP contribution in [0.2, 0.25) is 0 Å². The van der Waals surface area contributed by atoms with E-state index in [2.05, 4.69) is 26.1 Å². The summed E-state index contributed by atoms with van der Waals surface area (Å²) in [4.78, 5) is 0. The highest BCUT2D eigenvalue weighted by atomic mass is 19.1. The van der Waals surface area contributed by atoms with Gasteiger partial charge in [-0.2, -0.15) is 0 Å². The highest BCUT2D eigenvalue weighted by Crippen LogP contribution is 2.22. The first kappa shape index (κ1) is 15.1. The van der Waals surface area contributed by atoms with Gasteiger partial charge >= 0.3 is 0 Å². The Bertz CT molecular complexity index is 359. The van der Waals surface area contributed by atoms with Gasteiger partial charge in [0.15, 0.2) is 0 Å². The minimum Gasteiger partial charge on any atom is -0.330 e. The van der Waals surface area contributed by atoms with Gasteiger partial charge in [-0.1, -0.05) is 39.3 Å². The Hall–Kier alpha value is -0.930. The van der Waals surface area contributed by atoms with Crippen molar-refractivity contribution < 1.29 is 4.39 Å². The maximum atomic E-state index is 13.2. The van der Waals surface area contributed by atoms with Crippen molar-refractivity contribution in [3.05, 3.63) is 35.6 Å². The lowest BCUT2D eigenvalue weighted by molar-refractivity contribution is 0.413. The number of halogens is 1. The molecule has 0 bridgehead atoms. The topological polar surface area (TPSA) is 38.0 Å². The molecule has 1 unspecified atom stereocenters. The van der Waals surface area contributed by atoms with Crippen LogP contribution in [-0.2, 0) is 5.41 Å². The molecule has 0 aromatic heterocycles. The Labute approximate surface area is 110 Å². The third-order valence-electron chi connectivity index (χ3n) is 3.52. The van der Waals surface area contributed by atoms with Crippen LogP contribution in [-0.4, -0.2) is 19.6 Å². The van der Waals surface area contributed by atoms with Crippen LogP contribution in [0.5, 0.6) is 0 Å². The van der Waals surface area contributed by atoms with Crippen LogP contribution in [0.3, 0.4) is 0 Å². The number of rotatable bonds is 7. The van der Waals surface area contributed by atoms with Gasteiger partial charge in [-0.15, -0.1) is 0 Å². The molecule has 1 rings (SSSR count). The average Bonchev–Trinajstić information content (AvgIpc) is 2.34. The summed E-state index contributed by atoms with van der Waals surface area (Å²) >= 11 is 0. The van der Waals surface area contributed by atoms with Crippen LogP contribution in [0.1, 0.15) is 32.8 Å². The van der Waals surface area contributed by atoms with E-state index in [1.165, 1.54) is 6.07 Å². The molecule has 1 aromatic carbocycles. The van der Waals surface area contributed by atoms with Gasteiger partial charge in [0, 0.05) is 12.0 Å². The molecule has 2 nitrogen and oxygen atoms in total. The first-order chi connectivity index (χ1) is 8.49. The molecule has 102 valence electrons. The molecule has 0 aliphatic heterocycles. The summed E-state index contributed by atoms with van der Waals surface area (Å²) in [6.07, 6.45) is 1.09. The van der Waals surface area contributed by atoms with E-state index in [9.17, 15) is 4.39 Å². The fraction of sp³-hybridized carbons (Fsp3) is 0.600. The summed E-state index contributed by atoms with van der Waals surface area (Å²) in [7, 11) is 0. The quantitative estimate of drug-likeness (QED) is 0.783. The smallest absolute Gasteiger partial charge is 0.123 e. The van der Waals surface area contributed by atoms with E-state index in [-0.39, 0.29) is 11.2 Å². The Morgan fingerprint density at radius 1 is 1.39 bits per heavy atom. The van der Waals surface area contributed by atoms with Gasteiger partial charge in [-0.25, -0.2) is 4.39 Å². The predicted octanol–water partition coefficient (Wildman–Crippen LogP) is 2.68. The molecular weight excluding hydrogens is 227 g/mol. The number of benzene rings is 1. The molecular formula is C15H25FN2. The largest absolute Gasteiger partial charge is 0.330 e. The zero-order valence-electron chi connectivity index (χ0n) is 11.7. The van der Waals surface area contributed by atoms with Gasteiger partial charge in [0.1, 0.15) is 5.82 Å². The minimum absolute atomic E-state index is 0.0744. The summed E-state index contributed by atoms with van der Waals surface area (Å²) in [6, 6.07) is 6.84. The van der Waals surface area contributed by atoms with Crippen molar-refractivity contribution >= 4 is 0 Å². The SMILES string of the molecule is CCC(CN)CNCC(C)(C)c1cccc(F)c1. The van der Waals surface area contributed by atoms with E-state index < -0.39 is 0 Å². The summed E-state index contributed by atoms with van der Waals surface area (Å²) in [6.45, 7) is 8.86. The molecule has 3 N–H and O–H groups in total. The lowest BCUT2D eigenvalue weighted by Crippen LogP contribution is -2.37. The molecule has 0 saturated heterocycles. The highest BCUT2D eigenvalue weighted by Gasteiger charge is 2.20. The molecule has 3 heteroatoms. The van der Waals surface area contributed by atoms with E-state index in [0.717, 1.165) is 25.1 Å². The zero-order chi connectivity index (χ0) is 13.6. The van der Waals surface area contributed by atoms with E-state index in [1.54, 1.807) is 12.1 Å². The van der Waals surface area contributed by atoms with Crippen LogP contribution in [0.15, 0.2) is 24.3 Å². The first-order valence-electron chi connectivity index (χ1n) is 6.66. The normalized spacial score (nSPS) is 13.6. The van der Waals surface area contributed by atoms with Crippen molar-refractivity contribution in [3.63, 3.8) is 0 Å². The van der Waals surface area contributed by atoms with Gasteiger partial charge in [-0.05, 0) is 36.7 Å². The number of nitrogens with two attached hydrogens (primary N) is 1. The lowest BCUT2D eigenvalue weighted by Gasteiger charge is -2.27. The Morgan fingerprint density at radius 2 is 2.11 bits per heavy atom.